The minimum atomic E-state index is 0.174. The fourth-order valence-electron chi connectivity index (χ4n) is 1.73. The summed E-state index contributed by atoms with van der Waals surface area (Å²) in [5, 5.41) is 1.25. The van der Waals surface area contributed by atoms with Crippen molar-refractivity contribution in [3.8, 4) is 0 Å². The van der Waals surface area contributed by atoms with E-state index in [1.165, 1.54) is 16.5 Å². The van der Waals surface area contributed by atoms with Gasteiger partial charge < -0.3 is 4.98 Å². The number of pyridine rings is 1. The first kappa shape index (κ1) is 9.25. The van der Waals surface area contributed by atoms with Gasteiger partial charge >= 0.3 is 0 Å². The fraction of sp³-hybridized carbons (Fsp3) is 0.417. The number of fused-ring (bicyclic) bond motifs is 1. The standard InChI is InChI=1S/C12H16N2/c1-8-5-9-10(12(2,3)4)7-14-11(9)13-6-8/h5-7H,1-4H3,(H,13,14). The molecule has 74 valence electrons. The van der Waals surface area contributed by atoms with Crippen LogP contribution in [0.1, 0.15) is 31.9 Å². The first-order valence-electron chi connectivity index (χ1n) is 4.93. The Morgan fingerprint density at radius 2 is 2.00 bits per heavy atom. The molecule has 1 N–H and O–H groups in total. The molecule has 0 saturated carbocycles. The van der Waals surface area contributed by atoms with Crippen LogP contribution in [-0.2, 0) is 5.41 Å². The first-order valence-corrected chi connectivity index (χ1v) is 4.93. The number of hydrogen-bond donors (Lipinski definition) is 1. The Morgan fingerprint density at radius 1 is 1.29 bits per heavy atom. The van der Waals surface area contributed by atoms with Crippen molar-refractivity contribution in [2.24, 2.45) is 0 Å². The topological polar surface area (TPSA) is 28.7 Å². The smallest absolute Gasteiger partial charge is 0.137 e. The lowest BCUT2D eigenvalue weighted by atomic mass is 9.87. The minimum absolute atomic E-state index is 0.174. The van der Waals surface area contributed by atoms with Crippen LogP contribution < -0.4 is 0 Å². The molecule has 0 amide bonds. The Hall–Kier alpha value is -1.31. The molecule has 0 aliphatic carbocycles. The van der Waals surface area contributed by atoms with E-state index < -0.39 is 0 Å². The number of rotatable bonds is 0. The Labute approximate surface area is 84.4 Å². The summed E-state index contributed by atoms with van der Waals surface area (Å²) in [6.45, 7) is 8.74. The van der Waals surface area contributed by atoms with E-state index in [4.69, 9.17) is 0 Å². The van der Waals surface area contributed by atoms with Crippen LogP contribution in [0.5, 0.6) is 0 Å². The third-order valence-electron chi connectivity index (χ3n) is 2.48. The number of aromatic nitrogens is 2. The predicted octanol–water partition coefficient (Wildman–Crippen LogP) is 3.17. The highest BCUT2D eigenvalue weighted by Crippen LogP contribution is 2.29. The molecule has 0 fully saturated rings. The Kier molecular flexibility index (Phi) is 1.88. The number of aromatic amines is 1. The van der Waals surface area contributed by atoms with E-state index in [1.54, 1.807) is 0 Å². The number of aryl methyl sites for hydroxylation is 1. The van der Waals surface area contributed by atoms with Crippen molar-refractivity contribution in [1.82, 2.24) is 9.97 Å². The summed E-state index contributed by atoms with van der Waals surface area (Å²) < 4.78 is 0. The summed E-state index contributed by atoms with van der Waals surface area (Å²) in [6, 6.07) is 2.19. The van der Waals surface area contributed by atoms with Gasteiger partial charge in [0, 0.05) is 17.8 Å². The van der Waals surface area contributed by atoms with Crippen molar-refractivity contribution < 1.29 is 0 Å². The second-order valence-corrected chi connectivity index (χ2v) is 4.86. The first-order chi connectivity index (χ1) is 6.48. The number of nitrogens with zero attached hydrogens (tertiary/aromatic N) is 1. The maximum absolute atomic E-state index is 4.36. The van der Waals surface area contributed by atoms with Crippen molar-refractivity contribution in [1.29, 1.82) is 0 Å². The highest BCUT2D eigenvalue weighted by Gasteiger charge is 2.18. The molecule has 0 aliphatic heterocycles. The Morgan fingerprint density at radius 3 is 2.64 bits per heavy atom. The van der Waals surface area contributed by atoms with E-state index in [9.17, 15) is 0 Å². The van der Waals surface area contributed by atoms with Crippen LogP contribution in [0.2, 0.25) is 0 Å². The van der Waals surface area contributed by atoms with Gasteiger partial charge in [0.25, 0.3) is 0 Å². The molecule has 0 aromatic carbocycles. The average molecular weight is 188 g/mol. The maximum Gasteiger partial charge on any atom is 0.137 e. The van der Waals surface area contributed by atoms with Crippen molar-refractivity contribution in [2.45, 2.75) is 33.1 Å². The Bertz CT molecular complexity index is 461. The molecule has 2 rings (SSSR count). The Balaban J connectivity index is 2.73. The fourth-order valence-corrected chi connectivity index (χ4v) is 1.73. The van der Waals surface area contributed by atoms with Crippen LogP contribution in [0.15, 0.2) is 18.5 Å². The van der Waals surface area contributed by atoms with Crippen LogP contribution in [0.4, 0.5) is 0 Å². The normalized spacial score (nSPS) is 12.3. The van der Waals surface area contributed by atoms with Gasteiger partial charge in [0.1, 0.15) is 5.65 Å². The van der Waals surface area contributed by atoms with Crippen LogP contribution in [-0.4, -0.2) is 9.97 Å². The molecule has 14 heavy (non-hydrogen) atoms. The zero-order valence-electron chi connectivity index (χ0n) is 9.18. The van der Waals surface area contributed by atoms with Crippen molar-refractivity contribution in [2.75, 3.05) is 0 Å². The van der Waals surface area contributed by atoms with Crippen molar-refractivity contribution >= 4 is 11.0 Å². The highest BCUT2D eigenvalue weighted by atomic mass is 14.8. The summed E-state index contributed by atoms with van der Waals surface area (Å²) >= 11 is 0. The second-order valence-electron chi connectivity index (χ2n) is 4.86. The third-order valence-corrected chi connectivity index (χ3v) is 2.48. The van der Waals surface area contributed by atoms with Gasteiger partial charge in [-0.2, -0.15) is 0 Å². The number of nitrogens with one attached hydrogen (secondary N) is 1. The third kappa shape index (κ3) is 1.41. The average Bonchev–Trinajstić information content (AvgIpc) is 2.45. The quantitative estimate of drug-likeness (QED) is 0.676. The van der Waals surface area contributed by atoms with E-state index in [2.05, 4.69) is 49.9 Å². The zero-order valence-corrected chi connectivity index (χ0v) is 9.18. The molecular weight excluding hydrogens is 172 g/mol. The van der Waals surface area contributed by atoms with Gasteiger partial charge in [-0.25, -0.2) is 4.98 Å². The van der Waals surface area contributed by atoms with Gasteiger partial charge in [-0.15, -0.1) is 0 Å². The van der Waals surface area contributed by atoms with Crippen LogP contribution >= 0.6 is 0 Å². The second kappa shape index (κ2) is 2.84. The minimum Gasteiger partial charge on any atom is -0.346 e. The van der Waals surface area contributed by atoms with E-state index in [1.807, 2.05) is 6.20 Å². The molecule has 2 aromatic rings. The molecule has 0 saturated heterocycles. The lowest BCUT2D eigenvalue weighted by molar-refractivity contribution is 0.596. The molecule has 0 radical (unpaired) electrons. The number of H-pyrrole nitrogens is 1. The van der Waals surface area contributed by atoms with E-state index in [0.717, 1.165) is 5.65 Å². The van der Waals surface area contributed by atoms with Gasteiger partial charge in [-0.05, 0) is 29.5 Å². The van der Waals surface area contributed by atoms with Crippen molar-refractivity contribution in [3.05, 3.63) is 29.6 Å². The summed E-state index contributed by atoms with van der Waals surface area (Å²) in [5.41, 5.74) is 3.71. The molecule has 0 unspecified atom stereocenters. The van der Waals surface area contributed by atoms with Gasteiger partial charge in [0.2, 0.25) is 0 Å². The molecule has 2 nitrogen and oxygen atoms in total. The van der Waals surface area contributed by atoms with Crippen LogP contribution in [0.3, 0.4) is 0 Å². The molecular formula is C12H16N2. The number of hydrogen-bond acceptors (Lipinski definition) is 1. The molecule has 0 atom stereocenters. The van der Waals surface area contributed by atoms with Crippen LogP contribution in [0.25, 0.3) is 11.0 Å². The molecule has 0 bridgehead atoms. The monoisotopic (exact) mass is 188 g/mol. The van der Waals surface area contributed by atoms with Gasteiger partial charge in [-0.1, -0.05) is 20.8 Å². The van der Waals surface area contributed by atoms with E-state index in [0.29, 0.717) is 0 Å². The predicted molar refractivity (Wildman–Crippen MR) is 59.5 cm³/mol. The van der Waals surface area contributed by atoms with Gasteiger partial charge in [-0.3, -0.25) is 0 Å². The van der Waals surface area contributed by atoms with E-state index >= 15 is 0 Å². The van der Waals surface area contributed by atoms with Gasteiger partial charge in [0.05, 0.1) is 0 Å². The summed E-state index contributed by atoms with van der Waals surface area (Å²) in [7, 11) is 0. The van der Waals surface area contributed by atoms with Crippen molar-refractivity contribution in [3.63, 3.8) is 0 Å². The molecule has 2 heterocycles. The highest BCUT2D eigenvalue weighted by molar-refractivity contribution is 5.81. The molecule has 0 spiro atoms. The SMILES string of the molecule is Cc1cnc2[nH]cc(C(C)(C)C)c2c1. The summed E-state index contributed by atoms with van der Waals surface area (Å²) in [4.78, 5) is 7.57. The zero-order chi connectivity index (χ0) is 10.3. The largest absolute Gasteiger partial charge is 0.346 e. The molecule has 2 heteroatoms. The van der Waals surface area contributed by atoms with Crippen LogP contribution in [0, 0.1) is 6.92 Å². The lowest BCUT2D eigenvalue weighted by Crippen LogP contribution is -2.09. The molecule has 0 aliphatic rings. The maximum atomic E-state index is 4.36. The summed E-state index contributed by atoms with van der Waals surface area (Å²) in [5.74, 6) is 0. The summed E-state index contributed by atoms with van der Waals surface area (Å²) in [6.07, 6.45) is 3.96. The van der Waals surface area contributed by atoms with Gasteiger partial charge in [0.15, 0.2) is 0 Å². The molecule has 2 aromatic heterocycles. The lowest BCUT2D eigenvalue weighted by Gasteiger charge is -2.17. The van der Waals surface area contributed by atoms with E-state index in [-0.39, 0.29) is 5.41 Å².